The van der Waals surface area contributed by atoms with Crippen molar-refractivity contribution in [3.63, 3.8) is 0 Å². The monoisotopic (exact) mass is 155 g/mol. The first kappa shape index (κ1) is 7.73. The molecule has 56 valence electrons. The van der Waals surface area contributed by atoms with Crippen molar-refractivity contribution in [3.8, 4) is 0 Å². The molecule has 1 atom stereocenters. The third kappa shape index (κ3) is 1.57. The standard InChI is InChI=1S/C8H13NS/c1-6(2)7(3)8-4-10-5-9-8/h4-7H,1-3H3/t7-/m0/s1. The van der Waals surface area contributed by atoms with E-state index in [1.807, 2.05) is 5.51 Å². The van der Waals surface area contributed by atoms with E-state index in [0.717, 1.165) is 0 Å². The van der Waals surface area contributed by atoms with Crippen LogP contribution in [0.4, 0.5) is 0 Å². The minimum atomic E-state index is 0.603. The molecule has 0 radical (unpaired) electrons. The molecule has 1 nitrogen and oxygen atoms in total. The zero-order valence-corrected chi connectivity index (χ0v) is 7.48. The lowest BCUT2D eigenvalue weighted by Gasteiger charge is -2.11. The Hall–Kier alpha value is -0.370. The Morgan fingerprint density at radius 3 is 2.50 bits per heavy atom. The topological polar surface area (TPSA) is 12.9 Å². The Labute approximate surface area is 66.1 Å². The van der Waals surface area contributed by atoms with E-state index < -0.39 is 0 Å². The first-order valence-electron chi connectivity index (χ1n) is 3.60. The van der Waals surface area contributed by atoms with E-state index in [1.165, 1.54) is 5.69 Å². The van der Waals surface area contributed by atoms with Crippen molar-refractivity contribution in [3.05, 3.63) is 16.6 Å². The second-order valence-electron chi connectivity index (χ2n) is 2.95. The Balaban J connectivity index is 2.68. The molecule has 10 heavy (non-hydrogen) atoms. The summed E-state index contributed by atoms with van der Waals surface area (Å²) in [6.07, 6.45) is 0. The molecule has 0 saturated carbocycles. The van der Waals surface area contributed by atoms with E-state index in [1.54, 1.807) is 11.3 Å². The summed E-state index contributed by atoms with van der Waals surface area (Å²) in [5.74, 6) is 1.30. The van der Waals surface area contributed by atoms with Crippen LogP contribution < -0.4 is 0 Å². The number of hydrogen-bond donors (Lipinski definition) is 0. The van der Waals surface area contributed by atoms with Gasteiger partial charge in [0.1, 0.15) is 0 Å². The lowest BCUT2D eigenvalue weighted by atomic mass is 9.96. The van der Waals surface area contributed by atoms with E-state index in [2.05, 4.69) is 31.1 Å². The van der Waals surface area contributed by atoms with Crippen molar-refractivity contribution in [2.45, 2.75) is 26.7 Å². The van der Waals surface area contributed by atoms with Crippen LogP contribution in [0.5, 0.6) is 0 Å². The van der Waals surface area contributed by atoms with Crippen LogP contribution in [0.2, 0.25) is 0 Å². The van der Waals surface area contributed by atoms with Gasteiger partial charge in [-0.05, 0) is 5.92 Å². The maximum absolute atomic E-state index is 4.26. The summed E-state index contributed by atoms with van der Waals surface area (Å²) in [5.41, 5.74) is 3.13. The van der Waals surface area contributed by atoms with Crippen molar-refractivity contribution in [1.29, 1.82) is 0 Å². The SMILES string of the molecule is CC(C)[C@H](C)c1cscn1. The molecule has 0 N–H and O–H groups in total. The van der Waals surface area contributed by atoms with Crippen molar-refractivity contribution >= 4 is 11.3 Å². The Morgan fingerprint density at radius 2 is 2.10 bits per heavy atom. The molecule has 0 aliphatic heterocycles. The van der Waals surface area contributed by atoms with Gasteiger partial charge in [-0.1, -0.05) is 20.8 Å². The van der Waals surface area contributed by atoms with Crippen LogP contribution in [0.3, 0.4) is 0 Å². The van der Waals surface area contributed by atoms with Crippen molar-refractivity contribution in [2.24, 2.45) is 5.92 Å². The van der Waals surface area contributed by atoms with Crippen LogP contribution in [-0.2, 0) is 0 Å². The quantitative estimate of drug-likeness (QED) is 0.640. The fourth-order valence-electron chi connectivity index (χ4n) is 0.788. The molecule has 0 aromatic carbocycles. The molecule has 1 rings (SSSR count). The molecule has 0 fully saturated rings. The van der Waals surface area contributed by atoms with Gasteiger partial charge in [0.2, 0.25) is 0 Å². The fourth-order valence-corrected chi connectivity index (χ4v) is 1.45. The number of aromatic nitrogens is 1. The van der Waals surface area contributed by atoms with Gasteiger partial charge in [-0.25, -0.2) is 4.98 Å². The van der Waals surface area contributed by atoms with Gasteiger partial charge in [0, 0.05) is 11.3 Å². The normalized spacial score (nSPS) is 14.0. The maximum Gasteiger partial charge on any atom is 0.0794 e. The number of nitrogens with zero attached hydrogens (tertiary/aromatic N) is 1. The van der Waals surface area contributed by atoms with E-state index in [9.17, 15) is 0 Å². The highest BCUT2D eigenvalue weighted by Crippen LogP contribution is 2.22. The molecule has 0 saturated heterocycles. The highest BCUT2D eigenvalue weighted by atomic mass is 32.1. The first-order chi connectivity index (χ1) is 4.72. The molecule has 0 aliphatic carbocycles. The lowest BCUT2D eigenvalue weighted by molar-refractivity contribution is 0.526. The van der Waals surface area contributed by atoms with Crippen LogP contribution in [-0.4, -0.2) is 4.98 Å². The average molecular weight is 155 g/mol. The van der Waals surface area contributed by atoms with Crippen molar-refractivity contribution < 1.29 is 0 Å². The maximum atomic E-state index is 4.26. The second-order valence-corrected chi connectivity index (χ2v) is 3.66. The summed E-state index contributed by atoms with van der Waals surface area (Å²) in [4.78, 5) is 4.26. The average Bonchev–Trinajstić information content (AvgIpc) is 2.36. The number of thiazole rings is 1. The highest BCUT2D eigenvalue weighted by Gasteiger charge is 2.10. The van der Waals surface area contributed by atoms with E-state index in [4.69, 9.17) is 0 Å². The molecule has 1 aromatic rings. The van der Waals surface area contributed by atoms with E-state index in [0.29, 0.717) is 11.8 Å². The second kappa shape index (κ2) is 3.15. The Kier molecular flexibility index (Phi) is 2.44. The van der Waals surface area contributed by atoms with Crippen LogP contribution in [0.15, 0.2) is 10.9 Å². The van der Waals surface area contributed by atoms with Gasteiger partial charge in [-0.2, -0.15) is 0 Å². The van der Waals surface area contributed by atoms with Gasteiger partial charge in [-0.3, -0.25) is 0 Å². The van der Waals surface area contributed by atoms with Gasteiger partial charge in [0.05, 0.1) is 11.2 Å². The highest BCUT2D eigenvalue weighted by molar-refractivity contribution is 7.07. The number of hydrogen-bond acceptors (Lipinski definition) is 2. The molecule has 1 aromatic heterocycles. The molecule has 0 unspecified atom stereocenters. The minimum Gasteiger partial charge on any atom is -0.249 e. The minimum absolute atomic E-state index is 0.603. The van der Waals surface area contributed by atoms with Crippen LogP contribution in [0, 0.1) is 5.92 Å². The van der Waals surface area contributed by atoms with Gasteiger partial charge in [-0.15, -0.1) is 11.3 Å². The summed E-state index contributed by atoms with van der Waals surface area (Å²) < 4.78 is 0. The Bertz CT molecular complexity index is 179. The van der Waals surface area contributed by atoms with E-state index in [-0.39, 0.29) is 0 Å². The molecule has 1 heterocycles. The summed E-state index contributed by atoms with van der Waals surface area (Å²) in [7, 11) is 0. The molecule has 0 aliphatic rings. The van der Waals surface area contributed by atoms with Gasteiger partial charge in [0.15, 0.2) is 0 Å². The smallest absolute Gasteiger partial charge is 0.0794 e. The summed E-state index contributed by atoms with van der Waals surface area (Å²) in [6.45, 7) is 6.67. The number of rotatable bonds is 2. The molecule has 2 heteroatoms. The fraction of sp³-hybridized carbons (Fsp3) is 0.625. The summed E-state index contributed by atoms with van der Waals surface area (Å²) in [5, 5.41) is 2.13. The summed E-state index contributed by atoms with van der Waals surface area (Å²) >= 11 is 1.67. The van der Waals surface area contributed by atoms with Crippen LogP contribution >= 0.6 is 11.3 Å². The largest absolute Gasteiger partial charge is 0.249 e. The zero-order chi connectivity index (χ0) is 7.56. The van der Waals surface area contributed by atoms with E-state index >= 15 is 0 Å². The summed E-state index contributed by atoms with van der Waals surface area (Å²) in [6, 6.07) is 0. The predicted octanol–water partition coefficient (Wildman–Crippen LogP) is 2.90. The van der Waals surface area contributed by atoms with Crippen molar-refractivity contribution in [2.75, 3.05) is 0 Å². The van der Waals surface area contributed by atoms with Crippen LogP contribution in [0.25, 0.3) is 0 Å². The molecular formula is C8H13NS. The van der Waals surface area contributed by atoms with Gasteiger partial charge >= 0.3 is 0 Å². The third-order valence-corrected chi connectivity index (χ3v) is 2.52. The predicted molar refractivity (Wildman–Crippen MR) is 45.4 cm³/mol. The molecular weight excluding hydrogens is 142 g/mol. The molecule has 0 bridgehead atoms. The zero-order valence-electron chi connectivity index (χ0n) is 6.66. The van der Waals surface area contributed by atoms with Gasteiger partial charge in [0.25, 0.3) is 0 Å². The lowest BCUT2D eigenvalue weighted by Crippen LogP contribution is -2.01. The molecule has 0 amide bonds. The first-order valence-corrected chi connectivity index (χ1v) is 4.54. The van der Waals surface area contributed by atoms with Crippen molar-refractivity contribution in [1.82, 2.24) is 4.98 Å². The van der Waals surface area contributed by atoms with Crippen LogP contribution in [0.1, 0.15) is 32.4 Å². The third-order valence-electron chi connectivity index (χ3n) is 1.92. The van der Waals surface area contributed by atoms with Gasteiger partial charge < -0.3 is 0 Å². The molecule has 0 spiro atoms. The Morgan fingerprint density at radius 1 is 1.40 bits per heavy atom.